The molecule has 0 spiro atoms. The second-order valence-corrected chi connectivity index (χ2v) is 6.14. The van der Waals surface area contributed by atoms with Gasteiger partial charge in [0.1, 0.15) is 11.9 Å². The van der Waals surface area contributed by atoms with Gasteiger partial charge in [-0.2, -0.15) is 0 Å². The maximum Gasteiger partial charge on any atom is 0.246 e. The second kappa shape index (κ2) is 7.34. The minimum atomic E-state index is -0.498. The van der Waals surface area contributed by atoms with Crippen molar-refractivity contribution >= 4 is 28.9 Å². The molecular weight excluding hydrogens is 321 g/mol. The average molecular weight is 341 g/mol. The van der Waals surface area contributed by atoms with E-state index in [0.29, 0.717) is 12.1 Å². The molecule has 0 fully saturated rings. The van der Waals surface area contributed by atoms with Crippen molar-refractivity contribution in [2.24, 2.45) is 0 Å². The predicted octanol–water partition coefficient (Wildman–Crippen LogP) is 3.54. The molecule has 1 aliphatic heterocycles. The molecule has 0 bridgehead atoms. The Morgan fingerprint density at radius 1 is 1.16 bits per heavy atom. The molecule has 0 saturated carbocycles. The van der Waals surface area contributed by atoms with Crippen LogP contribution in [0.5, 0.6) is 0 Å². The first-order valence-corrected chi connectivity index (χ1v) is 8.27. The fraction of sp³-hybridized carbons (Fsp3) is 0.263. The number of aryl methyl sites for hydroxylation is 1. The fourth-order valence-electron chi connectivity index (χ4n) is 2.80. The van der Waals surface area contributed by atoms with Gasteiger partial charge < -0.3 is 16.0 Å². The molecule has 0 aliphatic carbocycles. The average Bonchev–Trinajstić information content (AvgIpc) is 2.75. The maximum absolute atomic E-state index is 13.2. The molecule has 1 atom stereocenters. The van der Waals surface area contributed by atoms with Crippen molar-refractivity contribution in [2.45, 2.75) is 32.2 Å². The molecule has 6 heteroatoms. The number of amides is 2. The van der Waals surface area contributed by atoms with Crippen molar-refractivity contribution in [3.63, 3.8) is 0 Å². The van der Waals surface area contributed by atoms with Crippen LogP contribution in [0.3, 0.4) is 0 Å². The monoisotopic (exact) mass is 341 g/mol. The first-order valence-electron chi connectivity index (χ1n) is 8.27. The van der Waals surface area contributed by atoms with Crippen molar-refractivity contribution in [3.8, 4) is 0 Å². The highest BCUT2D eigenvalue weighted by Gasteiger charge is 2.16. The van der Waals surface area contributed by atoms with Crippen LogP contribution < -0.4 is 16.0 Å². The van der Waals surface area contributed by atoms with Gasteiger partial charge in [0.05, 0.1) is 0 Å². The fourth-order valence-corrected chi connectivity index (χ4v) is 2.80. The van der Waals surface area contributed by atoms with E-state index in [4.69, 9.17) is 0 Å². The molecule has 25 heavy (non-hydrogen) atoms. The van der Waals surface area contributed by atoms with Gasteiger partial charge in [0.25, 0.3) is 0 Å². The van der Waals surface area contributed by atoms with E-state index in [2.05, 4.69) is 16.0 Å². The van der Waals surface area contributed by atoms with Crippen LogP contribution in [0.1, 0.15) is 25.3 Å². The molecular formula is C19H20FN3O2. The number of fused-ring (bicyclic) bond motifs is 1. The smallest absolute Gasteiger partial charge is 0.246 e. The molecule has 1 heterocycles. The highest BCUT2D eigenvalue weighted by Crippen LogP contribution is 2.25. The van der Waals surface area contributed by atoms with Crippen LogP contribution >= 0.6 is 0 Å². The molecule has 0 radical (unpaired) electrons. The summed E-state index contributed by atoms with van der Waals surface area (Å²) in [6, 6.07) is 10.9. The Bertz CT molecular complexity index is 807. The predicted molar refractivity (Wildman–Crippen MR) is 96.1 cm³/mol. The lowest BCUT2D eigenvalue weighted by molar-refractivity contribution is -0.117. The lowest BCUT2D eigenvalue weighted by Gasteiger charge is -2.17. The number of benzene rings is 2. The second-order valence-electron chi connectivity index (χ2n) is 6.14. The number of rotatable bonds is 4. The zero-order chi connectivity index (χ0) is 17.8. The first-order chi connectivity index (χ1) is 12.0. The summed E-state index contributed by atoms with van der Waals surface area (Å²) in [7, 11) is 0. The number of nitrogens with one attached hydrogen (secondary N) is 3. The van der Waals surface area contributed by atoms with Gasteiger partial charge in [-0.3, -0.25) is 9.59 Å². The van der Waals surface area contributed by atoms with Crippen LogP contribution in [0.2, 0.25) is 0 Å². The molecule has 3 rings (SSSR count). The minimum Gasteiger partial charge on any atom is -0.374 e. The largest absolute Gasteiger partial charge is 0.374 e. The molecule has 1 aliphatic rings. The van der Waals surface area contributed by atoms with E-state index in [9.17, 15) is 14.0 Å². The standard InChI is InChI=1S/C19H20FN3O2/c1-12(19(25)22-15-6-3-5-14(20)11-15)21-16-8-9-17-13(10-16)4-2-7-18(24)23-17/h3,5-6,8-12,21H,2,4,7H2,1H3,(H,22,25)(H,23,24)/t12-/m0/s1. The van der Waals surface area contributed by atoms with Crippen molar-refractivity contribution in [3.05, 3.63) is 53.8 Å². The molecule has 2 aromatic rings. The van der Waals surface area contributed by atoms with Crippen molar-refractivity contribution < 1.29 is 14.0 Å². The number of hydrogen-bond acceptors (Lipinski definition) is 3. The Morgan fingerprint density at radius 2 is 2.00 bits per heavy atom. The number of halogens is 1. The number of hydrogen-bond donors (Lipinski definition) is 3. The van der Waals surface area contributed by atoms with E-state index in [1.165, 1.54) is 12.1 Å². The van der Waals surface area contributed by atoms with Crippen LogP contribution in [-0.4, -0.2) is 17.9 Å². The number of carbonyl (C=O) groups is 2. The van der Waals surface area contributed by atoms with E-state index in [1.54, 1.807) is 19.1 Å². The molecule has 0 aromatic heterocycles. The summed E-state index contributed by atoms with van der Waals surface area (Å²) in [6.45, 7) is 1.74. The topological polar surface area (TPSA) is 70.2 Å². The zero-order valence-electron chi connectivity index (χ0n) is 13.9. The Morgan fingerprint density at radius 3 is 2.80 bits per heavy atom. The molecule has 2 amide bonds. The van der Waals surface area contributed by atoms with Gasteiger partial charge in [-0.15, -0.1) is 0 Å². The molecule has 2 aromatic carbocycles. The van der Waals surface area contributed by atoms with Gasteiger partial charge in [0.2, 0.25) is 11.8 Å². The minimum absolute atomic E-state index is 0.0299. The van der Waals surface area contributed by atoms with Crippen LogP contribution in [0.25, 0.3) is 0 Å². The SMILES string of the molecule is C[C@H](Nc1ccc2c(c1)CCCC(=O)N2)C(=O)Nc1cccc(F)c1. The summed E-state index contributed by atoms with van der Waals surface area (Å²) in [5, 5.41) is 8.70. The zero-order valence-corrected chi connectivity index (χ0v) is 13.9. The lowest BCUT2D eigenvalue weighted by Crippen LogP contribution is -2.31. The van der Waals surface area contributed by atoms with Crippen molar-refractivity contribution in [2.75, 3.05) is 16.0 Å². The van der Waals surface area contributed by atoms with E-state index < -0.39 is 11.9 Å². The summed E-state index contributed by atoms with van der Waals surface area (Å²) in [5.41, 5.74) is 3.10. The van der Waals surface area contributed by atoms with Crippen LogP contribution in [0.4, 0.5) is 21.5 Å². The van der Waals surface area contributed by atoms with E-state index in [1.807, 2.05) is 18.2 Å². The van der Waals surface area contributed by atoms with Crippen molar-refractivity contribution in [1.82, 2.24) is 0 Å². The maximum atomic E-state index is 13.2. The van der Waals surface area contributed by atoms with Gasteiger partial charge in [0, 0.05) is 23.5 Å². The van der Waals surface area contributed by atoms with E-state index in [-0.39, 0.29) is 11.8 Å². The molecule has 0 unspecified atom stereocenters. The van der Waals surface area contributed by atoms with Crippen LogP contribution in [0, 0.1) is 5.82 Å². The molecule has 130 valence electrons. The van der Waals surface area contributed by atoms with Gasteiger partial charge in [-0.1, -0.05) is 6.07 Å². The highest BCUT2D eigenvalue weighted by atomic mass is 19.1. The summed E-state index contributed by atoms with van der Waals surface area (Å²) < 4.78 is 13.2. The summed E-state index contributed by atoms with van der Waals surface area (Å²) in [5.74, 6) is -0.623. The Balaban J connectivity index is 1.66. The molecule has 5 nitrogen and oxygen atoms in total. The van der Waals surface area contributed by atoms with Gasteiger partial charge in [-0.25, -0.2) is 4.39 Å². The van der Waals surface area contributed by atoms with Gasteiger partial charge in [-0.05, 0) is 61.7 Å². The lowest BCUT2D eigenvalue weighted by atomic mass is 10.1. The van der Waals surface area contributed by atoms with E-state index in [0.717, 1.165) is 29.8 Å². The van der Waals surface area contributed by atoms with Crippen molar-refractivity contribution in [1.29, 1.82) is 0 Å². The summed E-state index contributed by atoms with van der Waals surface area (Å²) in [4.78, 5) is 23.9. The quantitative estimate of drug-likeness (QED) is 0.797. The molecule has 3 N–H and O–H groups in total. The third-order valence-corrected chi connectivity index (χ3v) is 4.10. The van der Waals surface area contributed by atoms with Gasteiger partial charge in [0.15, 0.2) is 0 Å². The first kappa shape index (κ1) is 17.0. The summed E-state index contributed by atoms with van der Waals surface area (Å²) >= 11 is 0. The van der Waals surface area contributed by atoms with Crippen LogP contribution in [0.15, 0.2) is 42.5 Å². The highest BCUT2D eigenvalue weighted by molar-refractivity contribution is 5.96. The number of carbonyl (C=O) groups excluding carboxylic acids is 2. The third kappa shape index (κ3) is 4.35. The molecule has 0 saturated heterocycles. The summed E-state index contributed by atoms with van der Waals surface area (Å²) in [6.07, 6.45) is 2.13. The van der Waals surface area contributed by atoms with Gasteiger partial charge >= 0.3 is 0 Å². The Hall–Kier alpha value is -2.89. The van der Waals surface area contributed by atoms with E-state index >= 15 is 0 Å². The number of anilines is 3. The Labute approximate surface area is 145 Å². The normalized spacial score (nSPS) is 14.7. The van der Waals surface area contributed by atoms with Crippen LogP contribution in [-0.2, 0) is 16.0 Å². The Kier molecular flexibility index (Phi) is 4.97. The third-order valence-electron chi connectivity index (χ3n) is 4.10.